The van der Waals surface area contributed by atoms with E-state index in [0.29, 0.717) is 5.69 Å². The van der Waals surface area contributed by atoms with Crippen molar-refractivity contribution in [1.82, 2.24) is 0 Å². The van der Waals surface area contributed by atoms with Crippen LogP contribution in [0.25, 0.3) is 0 Å². The number of carboxylic acid groups (broad SMARTS) is 1. The summed E-state index contributed by atoms with van der Waals surface area (Å²) in [7, 11) is 1.66. The van der Waals surface area contributed by atoms with Crippen LogP contribution >= 0.6 is 0 Å². The Morgan fingerprint density at radius 3 is 2.14 bits per heavy atom. The molecule has 0 aromatic heterocycles. The number of nitrogens with one attached hydrogen (secondary N) is 1. The SMILES string of the molecule is COc1ccc(CCCc2ccc(Nc3cc(F)ccc3C(=O)O)cc2)cc1. The highest BCUT2D eigenvalue weighted by Gasteiger charge is 2.11. The molecule has 0 fully saturated rings. The second kappa shape index (κ2) is 9.04. The number of carboxylic acids is 1. The van der Waals surface area contributed by atoms with Gasteiger partial charge in [-0.1, -0.05) is 24.3 Å². The van der Waals surface area contributed by atoms with E-state index >= 15 is 0 Å². The number of aryl methyl sites for hydroxylation is 2. The number of halogens is 1. The minimum absolute atomic E-state index is 0.0324. The average molecular weight is 379 g/mol. The summed E-state index contributed by atoms with van der Waals surface area (Å²) in [6, 6.07) is 19.4. The van der Waals surface area contributed by atoms with E-state index in [9.17, 15) is 14.3 Å². The van der Waals surface area contributed by atoms with E-state index in [1.54, 1.807) is 7.11 Å². The first-order valence-electron chi connectivity index (χ1n) is 9.07. The van der Waals surface area contributed by atoms with E-state index in [1.165, 1.54) is 23.3 Å². The smallest absolute Gasteiger partial charge is 0.337 e. The molecule has 0 amide bonds. The Morgan fingerprint density at radius 2 is 1.57 bits per heavy atom. The molecule has 3 rings (SSSR count). The molecule has 0 radical (unpaired) electrons. The Morgan fingerprint density at radius 1 is 0.964 bits per heavy atom. The van der Waals surface area contributed by atoms with Crippen LogP contribution in [0.5, 0.6) is 5.75 Å². The Balaban J connectivity index is 1.58. The molecule has 0 aliphatic rings. The molecule has 4 nitrogen and oxygen atoms in total. The molecule has 3 aromatic carbocycles. The lowest BCUT2D eigenvalue weighted by Crippen LogP contribution is -2.03. The third-order valence-corrected chi connectivity index (χ3v) is 4.53. The van der Waals surface area contributed by atoms with Gasteiger partial charge in [-0.05, 0) is 72.9 Å². The summed E-state index contributed by atoms with van der Waals surface area (Å²) in [5.74, 6) is -0.725. The Hall–Kier alpha value is -3.34. The van der Waals surface area contributed by atoms with Gasteiger partial charge in [-0.15, -0.1) is 0 Å². The Kier molecular flexibility index (Phi) is 6.27. The number of aromatic carboxylic acids is 1. The van der Waals surface area contributed by atoms with E-state index in [2.05, 4.69) is 17.4 Å². The van der Waals surface area contributed by atoms with Crippen molar-refractivity contribution in [2.45, 2.75) is 19.3 Å². The van der Waals surface area contributed by atoms with Crippen LogP contribution < -0.4 is 10.1 Å². The van der Waals surface area contributed by atoms with Crippen LogP contribution in [0.1, 0.15) is 27.9 Å². The Labute approximate surface area is 163 Å². The van der Waals surface area contributed by atoms with Gasteiger partial charge in [0.1, 0.15) is 11.6 Å². The third kappa shape index (κ3) is 5.10. The van der Waals surface area contributed by atoms with Crippen LogP contribution in [0.15, 0.2) is 66.7 Å². The van der Waals surface area contributed by atoms with Crippen LogP contribution in [-0.4, -0.2) is 18.2 Å². The van der Waals surface area contributed by atoms with Gasteiger partial charge in [-0.3, -0.25) is 0 Å². The standard InChI is InChI=1S/C23H22FNO3/c1-28-20-12-7-17(8-13-20)4-2-3-16-5-10-19(11-6-16)25-22-15-18(24)9-14-21(22)23(26)27/h5-15,25H,2-4H2,1H3,(H,26,27). The predicted molar refractivity (Wildman–Crippen MR) is 108 cm³/mol. The highest BCUT2D eigenvalue weighted by molar-refractivity contribution is 5.95. The molecule has 0 bridgehead atoms. The second-order valence-electron chi connectivity index (χ2n) is 6.52. The topological polar surface area (TPSA) is 58.6 Å². The molecular formula is C23H22FNO3. The quantitative estimate of drug-likeness (QED) is 0.546. The summed E-state index contributed by atoms with van der Waals surface area (Å²) >= 11 is 0. The molecule has 5 heteroatoms. The number of anilines is 2. The van der Waals surface area contributed by atoms with Crippen molar-refractivity contribution in [3.05, 3.63) is 89.2 Å². The number of ether oxygens (including phenoxy) is 1. The van der Waals surface area contributed by atoms with Crippen molar-refractivity contribution >= 4 is 17.3 Å². The molecule has 144 valence electrons. The average Bonchev–Trinajstić information content (AvgIpc) is 2.70. The van der Waals surface area contributed by atoms with Crippen LogP contribution in [-0.2, 0) is 12.8 Å². The van der Waals surface area contributed by atoms with Gasteiger partial charge in [-0.25, -0.2) is 9.18 Å². The zero-order valence-electron chi connectivity index (χ0n) is 15.6. The zero-order valence-corrected chi connectivity index (χ0v) is 15.6. The van der Waals surface area contributed by atoms with Gasteiger partial charge < -0.3 is 15.2 Å². The van der Waals surface area contributed by atoms with Gasteiger partial charge in [0.05, 0.1) is 18.4 Å². The summed E-state index contributed by atoms with van der Waals surface area (Å²) < 4.78 is 18.6. The van der Waals surface area contributed by atoms with Crippen LogP contribution in [0.2, 0.25) is 0 Å². The maximum atomic E-state index is 13.5. The van der Waals surface area contributed by atoms with Crippen molar-refractivity contribution in [2.24, 2.45) is 0 Å². The molecule has 28 heavy (non-hydrogen) atoms. The lowest BCUT2D eigenvalue weighted by molar-refractivity contribution is 0.0698. The van der Waals surface area contributed by atoms with E-state index < -0.39 is 11.8 Å². The van der Waals surface area contributed by atoms with Crippen molar-refractivity contribution < 1.29 is 19.0 Å². The van der Waals surface area contributed by atoms with Crippen molar-refractivity contribution in [3.63, 3.8) is 0 Å². The molecule has 0 unspecified atom stereocenters. The summed E-state index contributed by atoms with van der Waals surface area (Å²) in [6.45, 7) is 0. The minimum Gasteiger partial charge on any atom is -0.497 e. The molecular weight excluding hydrogens is 357 g/mol. The largest absolute Gasteiger partial charge is 0.497 e. The maximum Gasteiger partial charge on any atom is 0.337 e. The third-order valence-electron chi connectivity index (χ3n) is 4.53. The minimum atomic E-state index is -1.10. The first-order chi connectivity index (χ1) is 13.5. The fraction of sp³-hybridized carbons (Fsp3) is 0.174. The van der Waals surface area contributed by atoms with Gasteiger partial charge in [0.25, 0.3) is 0 Å². The first kappa shape index (κ1) is 19.4. The monoisotopic (exact) mass is 379 g/mol. The summed E-state index contributed by atoms with van der Waals surface area (Å²) in [4.78, 5) is 11.3. The summed E-state index contributed by atoms with van der Waals surface area (Å²) in [5.41, 5.74) is 3.44. The molecule has 0 aliphatic heterocycles. The maximum absolute atomic E-state index is 13.5. The van der Waals surface area contributed by atoms with Crippen molar-refractivity contribution in [1.29, 1.82) is 0 Å². The molecule has 3 aromatic rings. The van der Waals surface area contributed by atoms with E-state index in [4.69, 9.17) is 4.74 Å². The number of hydrogen-bond donors (Lipinski definition) is 2. The molecule has 0 atom stereocenters. The van der Waals surface area contributed by atoms with E-state index in [-0.39, 0.29) is 11.3 Å². The summed E-state index contributed by atoms with van der Waals surface area (Å²) in [6.07, 6.45) is 2.94. The van der Waals surface area contributed by atoms with E-state index in [1.807, 2.05) is 36.4 Å². The number of carbonyl (C=O) groups is 1. The molecule has 0 saturated heterocycles. The highest BCUT2D eigenvalue weighted by Crippen LogP contribution is 2.23. The van der Waals surface area contributed by atoms with Crippen molar-refractivity contribution in [3.8, 4) is 5.75 Å². The lowest BCUT2D eigenvalue weighted by atomic mass is 10.0. The first-order valence-corrected chi connectivity index (χ1v) is 9.07. The van der Waals surface area contributed by atoms with Gasteiger partial charge in [0.15, 0.2) is 0 Å². The van der Waals surface area contributed by atoms with Gasteiger partial charge in [0, 0.05) is 5.69 Å². The van der Waals surface area contributed by atoms with Crippen molar-refractivity contribution in [2.75, 3.05) is 12.4 Å². The molecule has 0 spiro atoms. The fourth-order valence-corrected chi connectivity index (χ4v) is 3.01. The second-order valence-corrected chi connectivity index (χ2v) is 6.52. The van der Waals surface area contributed by atoms with Gasteiger partial charge in [-0.2, -0.15) is 0 Å². The number of benzene rings is 3. The van der Waals surface area contributed by atoms with Gasteiger partial charge in [0.2, 0.25) is 0 Å². The molecule has 2 N–H and O–H groups in total. The van der Waals surface area contributed by atoms with Crippen LogP contribution in [0, 0.1) is 5.82 Å². The number of hydrogen-bond acceptors (Lipinski definition) is 3. The highest BCUT2D eigenvalue weighted by atomic mass is 19.1. The zero-order chi connectivity index (χ0) is 19.9. The van der Waals surface area contributed by atoms with Crippen LogP contribution in [0.4, 0.5) is 15.8 Å². The summed E-state index contributed by atoms with van der Waals surface area (Å²) in [5, 5.41) is 12.2. The van der Waals surface area contributed by atoms with E-state index in [0.717, 1.165) is 31.1 Å². The molecule has 0 aliphatic carbocycles. The normalized spacial score (nSPS) is 10.5. The number of rotatable bonds is 8. The molecule has 0 heterocycles. The van der Waals surface area contributed by atoms with Crippen LogP contribution in [0.3, 0.4) is 0 Å². The fourth-order valence-electron chi connectivity index (χ4n) is 3.01. The lowest BCUT2D eigenvalue weighted by Gasteiger charge is -2.11. The Bertz CT molecular complexity index is 937. The van der Waals surface area contributed by atoms with Gasteiger partial charge >= 0.3 is 5.97 Å². The number of methoxy groups -OCH3 is 1. The molecule has 0 saturated carbocycles. The predicted octanol–water partition coefficient (Wildman–Crippen LogP) is 5.45.